The second-order valence-electron chi connectivity index (χ2n) is 1.17. The van der Waals surface area contributed by atoms with E-state index in [1.165, 1.54) is 0 Å². The van der Waals surface area contributed by atoms with Crippen LogP contribution in [0, 0.1) is 0 Å². The van der Waals surface area contributed by atoms with Crippen molar-refractivity contribution >= 4 is 5.91 Å². The number of hydrogen-bond donors (Lipinski definition) is 0. The molecular formula is C4H8NOW7-. The second-order valence-corrected chi connectivity index (χ2v) is 1.17. The summed E-state index contributed by atoms with van der Waals surface area (Å²) in [7, 11) is 0. The van der Waals surface area contributed by atoms with Crippen LogP contribution in [0.15, 0.2) is 0 Å². The van der Waals surface area contributed by atoms with Gasteiger partial charge >= 0.3 is 0 Å². The van der Waals surface area contributed by atoms with Gasteiger partial charge in [-0.2, -0.15) is 0 Å². The molecule has 0 heterocycles. The van der Waals surface area contributed by atoms with E-state index in [4.69, 9.17) is 5.73 Å². The van der Waals surface area contributed by atoms with Gasteiger partial charge in [0.25, 0.3) is 0 Å². The summed E-state index contributed by atoms with van der Waals surface area (Å²) >= 11 is 0. The molecule has 1 N–H and O–H groups in total. The third-order valence-corrected chi connectivity index (χ3v) is 0.477. The van der Waals surface area contributed by atoms with Crippen LogP contribution in [0.2, 0.25) is 0 Å². The van der Waals surface area contributed by atoms with E-state index in [-0.39, 0.29) is 147 Å². The van der Waals surface area contributed by atoms with Gasteiger partial charge in [0.2, 0.25) is 0 Å². The Bertz CT molecular complexity index is 64.5. The Morgan fingerprint density at radius 2 is 1.15 bits per heavy atom. The zero-order chi connectivity index (χ0) is 4.99. The predicted molar refractivity (Wildman–Crippen MR) is 24.2 cm³/mol. The first-order valence-electron chi connectivity index (χ1n) is 2.01. The van der Waals surface area contributed by atoms with Crippen LogP contribution >= 0.6 is 0 Å². The van der Waals surface area contributed by atoms with Crippen LogP contribution in [0.5, 0.6) is 0 Å². The molecule has 2 nitrogen and oxygen atoms in total. The van der Waals surface area contributed by atoms with Gasteiger partial charge < -0.3 is 10.5 Å². The van der Waals surface area contributed by atoms with Crippen molar-refractivity contribution < 1.29 is 152 Å². The summed E-state index contributed by atoms with van der Waals surface area (Å²) in [4.78, 5) is 9.71. The fourth-order valence-corrected chi connectivity index (χ4v) is 0.227. The minimum Gasteiger partial charge on any atom is -0.668 e. The minimum absolute atomic E-state index is 0. The fraction of sp³-hybridized carbons (Fsp3) is 0.750. The maximum atomic E-state index is 9.71. The molecule has 0 aliphatic heterocycles. The van der Waals surface area contributed by atoms with Crippen molar-refractivity contribution in [2.24, 2.45) is 0 Å². The molecule has 0 saturated heterocycles. The van der Waals surface area contributed by atoms with Gasteiger partial charge in [-0.25, -0.2) is 0 Å². The molecule has 0 spiro atoms. The molecule has 9 heteroatoms. The van der Waals surface area contributed by atoms with E-state index in [2.05, 4.69) is 0 Å². The average Bonchev–Trinajstić information content (AvgIpc) is 1.35. The summed E-state index contributed by atoms with van der Waals surface area (Å²) in [5.41, 5.74) is 6.34. The van der Waals surface area contributed by atoms with Gasteiger partial charge in [-0.3, -0.25) is 0 Å². The molecule has 1 amide bonds. The van der Waals surface area contributed by atoms with Gasteiger partial charge in [0, 0.05) is 153 Å². The SMILES string of the molecule is CCCC([NH-])=O.[W].[W].[W].[W].[W].[W].[W]. The number of hydrogen-bond acceptors (Lipinski definition) is 1. The molecule has 0 atom stereocenters. The standard InChI is InChI=1S/C4H9NO.7W/c1-2-3-4(5)6;;;;;;;/h2-3H2,1H3,(H2,5,6);;;;;;;/p-1. The van der Waals surface area contributed by atoms with Gasteiger partial charge in [0.15, 0.2) is 0 Å². The van der Waals surface area contributed by atoms with Crippen molar-refractivity contribution in [3.63, 3.8) is 0 Å². The molecule has 0 fully saturated rings. The van der Waals surface area contributed by atoms with Crippen LogP contribution in [-0.4, -0.2) is 5.91 Å². The number of carbonyl (C=O) groups is 1. The van der Waals surface area contributed by atoms with Crippen LogP contribution in [0.3, 0.4) is 0 Å². The van der Waals surface area contributed by atoms with Crippen molar-refractivity contribution in [1.29, 1.82) is 0 Å². The van der Waals surface area contributed by atoms with Crippen LogP contribution in [0.25, 0.3) is 5.73 Å². The van der Waals surface area contributed by atoms with Gasteiger partial charge in [0.1, 0.15) is 0 Å². The topological polar surface area (TPSA) is 40.9 Å². The molecule has 13 heavy (non-hydrogen) atoms. The Kier molecular flexibility index (Phi) is 180. The van der Waals surface area contributed by atoms with E-state index >= 15 is 0 Å². The van der Waals surface area contributed by atoms with E-state index in [1.807, 2.05) is 6.92 Å². The molecule has 0 aliphatic carbocycles. The Balaban J connectivity index is -0.00000000595. The van der Waals surface area contributed by atoms with Crippen molar-refractivity contribution in [2.45, 2.75) is 19.8 Å². The van der Waals surface area contributed by atoms with Crippen molar-refractivity contribution in [2.75, 3.05) is 0 Å². The summed E-state index contributed by atoms with van der Waals surface area (Å²) in [6.45, 7) is 1.88. The van der Waals surface area contributed by atoms with Crippen LogP contribution in [0.4, 0.5) is 0 Å². The maximum absolute atomic E-state index is 9.71. The van der Waals surface area contributed by atoms with Crippen molar-refractivity contribution in [3.8, 4) is 0 Å². The van der Waals surface area contributed by atoms with Crippen LogP contribution in [-0.2, 0) is 152 Å². The third kappa shape index (κ3) is 62.6. The molecule has 0 saturated carbocycles. The molecular weight excluding hydrogens is 1360 g/mol. The zero-order valence-electron chi connectivity index (χ0n) is 6.68. The average molecular weight is 1370 g/mol. The number of carbonyl (C=O) groups excluding carboxylic acids is 1. The van der Waals surface area contributed by atoms with Gasteiger partial charge in [0.05, 0.1) is 0 Å². The normalized spacial score (nSPS) is 3.77. The van der Waals surface area contributed by atoms with Crippen molar-refractivity contribution in [3.05, 3.63) is 5.73 Å². The zero-order valence-corrected chi connectivity index (χ0v) is 27.2. The van der Waals surface area contributed by atoms with Crippen molar-refractivity contribution in [1.82, 2.24) is 0 Å². The van der Waals surface area contributed by atoms with E-state index in [1.54, 1.807) is 0 Å². The molecule has 0 unspecified atom stereocenters. The molecule has 0 aliphatic rings. The first-order chi connectivity index (χ1) is 2.77. The van der Waals surface area contributed by atoms with Crippen LogP contribution in [0.1, 0.15) is 19.8 Å². The maximum Gasteiger partial charge on any atom is 0.0487 e. The minimum atomic E-state index is -0.461. The summed E-state index contributed by atoms with van der Waals surface area (Å²) in [5.74, 6) is -0.461. The second kappa shape index (κ2) is 44.1. The molecule has 0 radical (unpaired) electrons. The number of nitrogens with one attached hydrogen (secondary N) is 1. The Morgan fingerprint density at radius 3 is 1.15 bits per heavy atom. The van der Waals surface area contributed by atoms with E-state index in [9.17, 15) is 4.79 Å². The molecule has 0 aromatic rings. The summed E-state index contributed by atoms with van der Waals surface area (Å²) < 4.78 is 0. The van der Waals surface area contributed by atoms with E-state index in [0.29, 0.717) is 6.42 Å². The summed E-state index contributed by atoms with van der Waals surface area (Å²) in [6.07, 6.45) is 1.20. The molecule has 0 rings (SSSR count). The third-order valence-electron chi connectivity index (χ3n) is 0.477. The Morgan fingerprint density at radius 1 is 0.923 bits per heavy atom. The molecule has 0 bridgehead atoms. The Hall–Kier alpha value is 4.29. The first kappa shape index (κ1) is 53.2. The number of rotatable bonds is 2. The Labute approximate surface area is 180 Å². The molecule has 78 valence electrons. The smallest absolute Gasteiger partial charge is 0.0487 e. The largest absolute Gasteiger partial charge is 0.668 e. The molecule has 0 aromatic heterocycles. The molecule has 0 aromatic carbocycles. The van der Waals surface area contributed by atoms with Gasteiger partial charge in [-0.05, 0) is 6.42 Å². The first-order valence-corrected chi connectivity index (χ1v) is 2.01. The quantitative estimate of drug-likeness (QED) is 0.413. The predicted octanol–water partition coefficient (Wildman–Crippen LogP) is 1.35. The number of amides is 1. The monoisotopic (exact) mass is 1370 g/mol. The van der Waals surface area contributed by atoms with E-state index < -0.39 is 5.91 Å². The summed E-state index contributed by atoms with van der Waals surface area (Å²) in [5, 5.41) is 0. The van der Waals surface area contributed by atoms with Gasteiger partial charge in [-0.1, -0.05) is 13.3 Å². The fourth-order valence-electron chi connectivity index (χ4n) is 0.227. The van der Waals surface area contributed by atoms with E-state index in [0.717, 1.165) is 6.42 Å². The van der Waals surface area contributed by atoms with Gasteiger partial charge in [-0.15, -0.1) is 0 Å². The summed E-state index contributed by atoms with van der Waals surface area (Å²) in [6, 6.07) is 0. The van der Waals surface area contributed by atoms with Crippen LogP contribution < -0.4 is 0 Å².